The molecule has 8 heavy (non-hydrogen) atoms. The van der Waals surface area contributed by atoms with Gasteiger partial charge in [-0.2, -0.15) is 0 Å². The van der Waals surface area contributed by atoms with Gasteiger partial charge in [-0.3, -0.25) is 0 Å². The summed E-state index contributed by atoms with van der Waals surface area (Å²) in [7, 11) is 0. The average Bonchev–Trinajstić information content (AvgIpc) is 1.63. The first kappa shape index (κ1) is 6.09. The fourth-order valence-electron chi connectivity index (χ4n) is 1.53. The van der Waals surface area contributed by atoms with Gasteiger partial charge in [-0.15, -0.1) is 0 Å². The molecular formula is C7H14O. The van der Waals surface area contributed by atoms with Crippen LogP contribution in [0.1, 0.15) is 33.1 Å². The van der Waals surface area contributed by atoms with Crippen LogP contribution in [0.25, 0.3) is 0 Å². The predicted molar refractivity (Wildman–Crippen MR) is 33.6 cm³/mol. The minimum atomic E-state index is -0.264. The SMILES string of the molecule is CCC1(O)CC(C)C1. The molecule has 0 aromatic rings. The lowest BCUT2D eigenvalue weighted by atomic mass is 9.71. The summed E-state index contributed by atoms with van der Waals surface area (Å²) in [5.74, 6) is 0.764. The second kappa shape index (κ2) is 1.73. The molecular weight excluding hydrogens is 100 g/mol. The van der Waals surface area contributed by atoms with E-state index in [-0.39, 0.29) is 5.60 Å². The summed E-state index contributed by atoms with van der Waals surface area (Å²) < 4.78 is 0. The van der Waals surface area contributed by atoms with Crippen molar-refractivity contribution in [3.05, 3.63) is 0 Å². The zero-order valence-electron chi connectivity index (χ0n) is 5.65. The highest BCUT2D eigenvalue weighted by Crippen LogP contribution is 2.39. The topological polar surface area (TPSA) is 20.2 Å². The Balaban J connectivity index is 2.30. The van der Waals surface area contributed by atoms with Crippen molar-refractivity contribution in [2.24, 2.45) is 5.92 Å². The Morgan fingerprint density at radius 1 is 1.62 bits per heavy atom. The van der Waals surface area contributed by atoms with Crippen LogP contribution in [0.4, 0.5) is 0 Å². The Labute approximate surface area is 50.7 Å². The Morgan fingerprint density at radius 2 is 2.12 bits per heavy atom. The quantitative estimate of drug-likeness (QED) is 0.548. The summed E-state index contributed by atoms with van der Waals surface area (Å²) in [6.07, 6.45) is 2.96. The third kappa shape index (κ3) is 0.873. The monoisotopic (exact) mass is 114 g/mol. The number of aliphatic hydroxyl groups is 1. The molecule has 1 N–H and O–H groups in total. The maximum absolute atomic E-state index is 9.39. The molecule has 1 fully saturated rings. The molecule has 0 aromatic heterocycles. The van der Waals surface area contributed by atoms with Crippen molar-refractivity contribution in [2.75, 3.05) is 0 Å². The van der Waals surface area contributed by atoms with Crippen molar-refractivity contribution in [2.45, 2.75) is 38.7 Å². The van der Waals surface area contributed by atoms with E-state index in [4.69, 9.17) is 0 Å². The fraction of sp³-hybridized carbons (Fsp3) is 1.00. The van der Waals surface area contributed by atoms with E-state index in [1.807, 2.05) is 6.92 Å². The highest BCUT2D eigenvalue weighted by Gasteiger charge is 2.37. The van der Waals surface area contributed by atoms with Crippen LogP contribution in [-0.2, 0) is 0 Å². The molecule has 1 aliphatic carbocycles. The van der Waals surface area contributed by atoms with Crippen molar-refractivity contribution in [3.63, 3.8) is 0 Å². The van der Waals surface area contributed by atoms with Crippen LogP contribution in [0.15, 0.2) is 0 Å². The van der Waals surface area contributed by atoms with Crippen molar-refractivity contribution in [1.82, 2.24) is 0 Å². The summed E-state index contributed by atoms with van der Waals surface area (Å²) in [6.45, 7) is 4.23. The Hall–Kier alpha value is -0.0400. The standard InChI is InChI=1S/C7H14O/c1-3-7(8)4-6(2)5-7/h6,8H,3-5H2,1-2H3. The zero-order chi connectivity index (χ0) is 6.20. The molecule has 1 aliphatic rings. The second-order valence-corrected chi connectivity index (χ2v) is 3.09. The lowest BCUT2D eigenvalue weighted by molar-refractivity contribution is -0.0698. The van der Waals surface area contributed by atoms with Crippen LogP contribution in [0.3, 0.4) is 0 Å². The lowest BCUT2D eigenvalue weighted by Gasteiger charge is -2.41. The molecule has 1 saturated carbocycles. The van der Waals surface area contributed by atoms with Gasteiger partial charge in [-0.1, -0.05) is 13.8 Å². The van der Waals surface area contributed by atoms with Crippen LogP contribution in [0.5, 0.6) is 0 Å². The molecule has 0 saturated heterocycles. The van der Waals surface area contributed by atoms with Gasteiger partial charge in [0.15, 0.2) is 0 Å². The molecule has 1 nitrogen and oxygen atoms in total. The van der Waals surface area contributed by atoms with E-state index in [0.717, 1.165) is 25.2 Å². The van der Waals surface area contributed by atoms with Gasteiger partial charge in [0.1, 0.15) is 0 Å². The van der Waals surface area contributed by atoms with Crippen LogP contribution < -0.4 is 0 Å². The van der Waals surface area contributed by atoms with E-state index in [1.54, 1.807) is 0 Å². The summed E-state index contributed by atoms with van der Waals surface area (Å²) >= 11 is 0. The van der Waals surface area contributed by atoms with Crippen molar-refractivity contribution >= 4 is 0 Å². The molecule has 0 atom stereocenters. The molecule has 0 aromatic carbocycles. The van der Waals surface area contributed by atoms with Crippen LogP contribution >= 0.6 is 0 Å². The molecule has 1 rings (SSSR count). The van der Waals surface area contributed by atoms with E-state index < -0.39 is 0 Å². The number of rotatable bonds is 1. The third-order valence-corrected chi connectivity index (χ3v) is 2.11. The van der Waals surface area contributed by atoms with E-state index >= 15 is 0 Å². The van der Waals surface area contributed by atoms with E-state index in [9.17, 15) is 5.11 Å². The summed E-state index contributed by atoms with van der Waals surface area (Å²) in [4.78, 5) is 0. The van der Waals surface area contributed by atoms with Gasteiger partial charge in [0, 0.05) is 0 Å². The number of hydrogen-bond donors (Lipinski definition) is 1. The summed E-state index contributed by atoms with van der Waals surface area (Å²) in [5.41, 5.74) is -0.264. The zero-order valence-corrected chi connectivity index (χ0v) is 5.65. The molecule has 48 valence electrons. The average molecular weight is 114 g/mol. The highest BCUT2D eigenvalue weighted by molar-refractivity contribution is 4.90. The Kier molecular flexibility index (Phi) is 1.31. The van der Waals surface area contributed by atoms with E-state index in [0.29, 0.717) is 0 Å². The fourth-order valence-corrected chi connectivity index (χ4v) is 1.53. The molecule has 0 unspecified atom stereocenters. The first-order chi connectivity index (χ1) is 3.66. The van der Waals surface area contributed by atoms with Crippen molar-refractivity contribution in [1.29, 1.82) is 0 Å². The van der Waals surface area contributed by atoms with Gasteiger partial charge >= 0.3 is 0 Å². The van der Waals surface area contributed by atoms with Gasteiger partial charge in [0.2, 0.25) is 0 Å². The lowest BCUT2D eigenvalue weighted by Crippen LogP contribution is -2.41. The molecule has 0 aliphatic heterocycles. The maximum Gasteiger partial charge on any atom is 0.0650 e. The highest BCUT2D eigenvalue weighted by atomic mass is 16.3. The molecule has 0 amide bonds. The first-order valence-corrected chi connectivity index (χ1v) is 3.39. The minimum absolute atomic E-state index is 0.264. The maximum atomic E-state index is 9.39. The van der Waals surface area contributed by atoms with Gasteiger partial charge in [-0.05, 0) is 25.2 Å². The van der Waals surface area contributed by atoms with Gasteiger partial charge in [-0.25, -0.2) is 0 Å². The Bertz CT molecular complexity index is 82.4. The predicted octanol–water partition coefficient (Wildman–Crippen LogP) is 1.56. The second-order valence-electron chi connectivity index (χ2n) is 3.09. The summed E-state index contributed by atoms with van der Waals surface area (Å²) in [5, 5.41) is 9.39. The van der Waals surface area contributed by atoms with Crippen LogP contribution in [0.2, 0.25) is 0 Å². The summed E-state index contributed by atoms with van der Waals surface area (Å²) in [6, 6.07) is 0. The first-order valence-electron chi connectivity index (χ1n) is 3.39. The van der Waals surface area contributed by atoms with Crippen molar-refractivity contribution < 1.29 is 5.11 Å². The molecule has 0 bridgehead atoms. The normalized spacial score (nSPS) is 46.1. The van der Waals surface area contributed by atoms with Gasteiger partial charge in [0.05, 0.1) is 5.60 Å². The molecule has 0 heterocycles. The smallest absolute Gasteiger partial charge is 0.0650 e. The van der Waals surface area contributed by atoms with Crippen molar-refractivity contribution in [3.8, 4) is 0 Å². The van der Waals surface area contributed by atoms with E-state index in [1.165, 1.54) is 0 Å². The van der Waals surface area contributed by atoms with Gasteiger partial charge in [0.25, 0.3) is 0 Å². The number of hydrogen-bond acceptors (Lipinski definition) is 1. The molecule has 0 radical (unpaired) electrons. The largest absolute Gasteiger partial charge is 0.390 e. The van der Waals surface area contributed by atoms with Crippen LogP contribution in [-0.4, -0.2) is 10.7 Å². The van der Waals surface area contributed by atoms with Crippen LogP contribution in [0, 0.1) is 5.92 Å². The van der Waals surface area contributed by atoms with E-state index in [2.05, 4.69) is 6.92 Å². The Morgan fingerprint density at radius 3 is 2.25 bits per heavy atom. The van der Waals surface area contributed by atoms with Gasteiger partial charge < -0.3 is 5.11 Å². The molecule has 1 heteroatoms. The third-order valence-electron chi connectivity index (χ3n) is 2.11. The molecule has 0 spiro atoms. The minimum Gasteiger partial charge on any atom is -0.390 e.